The summed E-state index contributed by atoms with van der Waals surface area (Å²) in [6.07, 6.45) is 0.232. The second kappa shape index (κ2) is 8.98. The van der Waals surface area contributed by atoms with Gasteiger partial charge in [-0.15, -0.1) is 0 Å². The number of carbonyl (C=O) groups is 1. The summed E-state index contributed by atoms with van der Waals surface area (Å²) in [6.45, 7) is 0.227. The molecular weight excluding hydrogens is 363 g/mol. The average molecular weight is 383 g/mol. The largest absolute Gasteiger partial charge is 0.464 e. The van der Waals surface area contributed by atoms with Gasteiger partial charge in [-0.3, -0.25) is 4.79 Å². The van der Waals surface area contributed by atoms with Crippen molar-refractivity contribution in [2.45, 2.75) is 5.41 Å². The van der Waals surface area contributed by atoms with Crippen LogP contribution in [0.2, 0.25) is 0 Å². The number of halogens is 1. The Balaban J connectivity index is 2.16. The molecule has 0 aromatic heterocycles. The number of carbonyl (C=O) groups excluding carboxylic acids is 1. The average Bonchev–Trinajstić information content (AvgIpc) is 2.71. The summed E-state index contributed by atoms with van der Waals surface area (Å²) in [5, 5.41) is 0. The van der Waals surface area contributed by atoms with Gasteiger partial charge in [0, 0.05) is 0 Å². The van der Waals surface area contributed by atoms with Crippen LogP contribution in [0.15, 0.2) is 91.0 Å². The predicted octanol–water partition coefficient (Wildman–Crippen LogP) is 5.40. The second-order valence-corrected chi connectivity index (χ2v) is 7.40. The van der Waals surface area contributed by atoms with E-state index in [9.17, 15) is 4.79 Å². The lowest BCUT2D eigenvalue weighted by Gasteiger charge is -2.35. The normalized spacial score (nSPS) is 11.6. The summed E-state index contributed by atoms with van der Waals surface area (Å²) in [5.74, 6) is -0.273. The predicted molar refractivity (Wildman–Crippen MR) is 109 cm³/mol. The van der Waals surface area contributed by atoms with Crippen LogP contribution in [0.25, 0.3) is 0 Å². The fraction of sp³-hybridized carbons (Fsp3) is 0.136. The molecular formula is C22H20ClO2P. The van der Waals surface area contributed by atoms with Gasteiger partial charge in [-0.05, 0) is 24.6 Å². The first-order chi connectivity index (χ1) is 12.8. The summed E-state index contributed by atoms with van der Waals surface area (Å²) in [7, 11) is 0.0286. The molecule has 0 aliphatic rings. The van der Waals surface area contributed by atoms with Crippen molar-refractivity contribution in [3.8, 4) is 0 Å². The van der Waals surface area contributed by atoms with Crippen LogP contribution in [0.4, 0.5) is 0 Å². The third kappa shape index (κ3) is 3.98. The molecule has 0 saturated heterocycles. The van der Waals surface area contributed by atoms with Crippen LogP contribution < -0.4 is 0 Å². The Labute approximate surface area is 160 Å². The van der Waals surface area contributed by atoms with Crippen LogP contribution in [0.3, 0.4) is 0 Å². The van der Waals surface area contributed by atoms with Crippen LogP contribution in [-0.4, -0.2) is 18.7 Å². The minimum Gasteiger partial charge on any atom is -0.464 e. The van der Waals surface area contributed by atoms with Gasteiger partial charge in [-0.1, -0.05) is 102 Å². The third-order valence-electron chi connectivity index (χ3n) is 4.46. The van der Waals surface area contributed by atoms with Crippen LogP contribution in [0.5, 0.6) is 0 Å². The minimum absolute atomic E-state index is 0.0286. The van der Waals surface area contributed by atoms with Gasteiger partial charge >= 0.3 is 5.97 Å². The Bertz CT molecular complexity index is 726. The van der Waals surface area contributed by atoms with Gasteiger partial charge in [0.25, 0.3) is 0 Å². The molecule has 0 saturated carbocycles. The summed E-state index contributed by atoms with van der Waals surface area (Å²) < 4.78 is 5.69. The Morgan fingerprint density at radius 2 is 1.15 bits per heavy atom. The molecule has 3 rings (SSSR count). The van der Waals surface area contributed by atoms with E-state index in [2.05, 4.69) is 36.4 Å². The molecule has 132 valence electrons. The maximum Gasteiger partial charge on any atom is 0.311 e. The fourth-order valence-electron chi connectivity index (χ4n) is 3.21. The quantitative estimate of drug-likeness (QED) is 0.311. The number of hydrogen-bond acceptors (Lipinski definition) is 2. The van der Waals surface area contributed by atoms with E-state index >= 15 is 0 Å². The molecule has 0 aliphatic heterocycles. The Morgan fingerprint density at radius 1 is 0.769 bits per heavy atom. The SMILES string of the molecule is O=C(CPCl)OCC(c1ccccc1)(c1ccccc1)c1ccccc1. The molecule has 3 aromatic carbocycles. The first kappa shape index (κ1) is 18.6. The Morgan fingerprint density at radius 3 is 1.50 bits per heavy atom. The number of rotatable bonds is 7. The molecule has 2 nitrogen and oxygen atoms in total. The van der Waals surface area contributed by atoms with Crippen molar-refractivity contribution in [2.75, 3.05) is 12.8 Å². The molecule has 0 bridgehead atoms. The highest BCUT2D eigenvalue weighted by Crippen LogP contribution is 2.39. The Kier molecular flexibility index (Phi) is 6.44. The third-order valence-corrected chi connectivity index (χ3v) is 5.28. The smallest absolute Gasteiger partial charge is 0.311 e. The summed E-state index contributed by atoms with van der Waals surface area (Å²) in [6, 6.07) is 30.5. The summed E-state index contributed by atoms with van der Waals surface area (Å²) >= 11 is 5.72. The van der Waals surface area contributed by atoms with E-state index in [1.807, 2.05) is 54.6 Å². The van der Waals surface area contributed by atoms with Gasteiger partial charge < -0.3 is 4.74 Å². The van der Waals surface area contributed by atoms with Crippen molar-refractivity contribution in [1.29, 1.82) is 0 Å². The first-order valence-electron chi connectivity index (χ1n) is 8.43. The van der Waals surface area contributed by atoms with Crippen molar-refractivity contribution >= 4 is 25.1 Å². The first-order valence-corrected chi connectivity index (χ1v) is 10.6. The van der Waals surface area contributed by atoms with E-state index in [1.54, 1.807) is 0 Å². The van der Waals surface area contributed by atoms with Gasteiger partial charge in [0.05, 0.1) is 11.6 Å². The molecule has 4 heteroatoms. The standard InChI is InChI=1S/C22H20ClO2P/c23-26-16-21(24)25-17-22(18-10-4-1-5-11-18,19-12-6-2-7-13-19)20-14-8-3-9-15-20/h1-15,26H,16-17H2. The van der Waals surface area contributed by atoms with E-state index in [1.165, 1.54) is 0 Å². The van der Waals surface area contributed by atoms with Gasteiger partial charge in [0.2, 0.25) is 0 Å². The van der Waals surface area contributed by atoms with Crippen LogP contribution in [-0.2, 0) is 14.9 Å². The van der Waals surface area contributed by atoms with Crippen molar-refractivity contribution in [1.82, 2.24) is 0 Å². The van der Waals surface area contributed by atoms with E-state index < -0.39 is 5.41 Å². The molecule has 0 aliphatic carbocycles. The molecule has 3 aromatic rings. The minimum atomic E-state index is -0.575. The fourth-order valence-corrected chi connectivity index (χ4v) is 3.75. The highest BCUT2D eigenvalue weighted by molar-refractivity contribution is 7.69. The lowest BCUT2D eigenvalue weighted by Crippen LogP contribution is -2.36. The zero-order valence-electron chi connectivity index (χ0n) is 14.3. The second-order valence-electron chi connectivity index (χ2n) is 5.97. The highest BCUT2D eigenvalue weighted by Gasteiger charge is 2.37. The number of esters is 1. The molecule has 0 N–H and O–H groups in total. The number of benzene rings is 3. The maximum atomic E-state index is 12.1. The van der Waals surface area contributed by atoms with Crippen LogP contribution in [0.1, 0.15) is 16.7 Å². The number of ether oxygens (including phenoxy) is 1. The molecule has 0 heterocycles. The van der Waals surface area contributed by atoms with Crippen molar-refractivity contribution in [3.63, 3.8) is 0 Å². The van der Waals surface area contributed by atoms with Crippen molar-refractivity contribution in [2.24, 2.45) is 0 Å². The lowest BCUT2D eigenvalue weighted by atomic mass is 9.70. The molecule has 1 atom stereocenters. The van der Waals surface area contributed by atoms with Crippen LogP contribution in [0, 0.1) is 0 Å². The lowest BCUT2D eigenvalue weighted by molar-refractivity contribution is -0.141. The zero-order valence-corrected chi connectivity index (χ0v) is 16.0. The molecule has 26 heavy (non-hydrogen) atoms. The molecule has 0 amide bonds. The van der Waals surface area contributed by atoms with E-state index in [-0.39, 0.29) is 26.7 Å². The summed E-state index contributed by atoms with van der Waals surface area (Å²) in [5.41, 5.74) is 2.67. The van der Waals surface area contributed by atoms with Gasteiger partial charge in [0.1, 0.15) is 6.61 Å². The van der Waals surface area contributed by atoms with Crippen molar-refractivity contribution in [3.05, 3.63) is 108 Å². The van der Waals surface area contributed by atoms with E-state index in [0.717, 1.165) is 16.7 Å². The zero-order chi connectivity index (χ0) is 18.2. The van der Waals surface area contributed by atoms with E-state index in [0.29, 0.717) is 0 Å². The van der Waals surface area contributed by atoms with Gasteiger partial charge in [-0.2, -0.15) is 0 Å². The van der Waals surface area contributed by atoms with E-state index in [4.69, 9.17) is 16.0 Å². The molecule has 1 unspecified atom stereocenters. The Hall–Kier alpha value is -2.15. The molecule has 0 spiro atoms. The van der Waals surface area contributed by atoms with Crippen LogP contribution >= 0.6 is 19.2 Å². The van der Waals surface area contributed by atoms with Gasteiger partial charge in [-0.25, -0.2) is 0 Å². The van der Waals surface area contributed by atoms with Gasteiger partial charge in [0.15, 0.2) is 0 Å². The summed E-state index contributed by atoms with van der Waals surface area (Å²) in [4.78, 5) is 12.1. The monoisotopic (exact) mass is 382 g/mol. The molecule has 0 fully saturated rings. The maximum absolute atomic E-state index is 12.1. The highest BCUT2D eigenvalue weighted by atomic mass is 35.7. The number of hydrogen-bond donors (Lipinski definition) is 0. The molecule has 0 radical (unpaired) electrons. The van der Waals surface area contributed by atoms with Crippen molar-refractivity contribution < 1.29 is 9.53 Å². The topological polar surface area (TPSA) is 26.3 Å².